The van der Waals surface area contributed by atoms with Gasteiger partial charge in [0.2, 0.25) is 0 Å². The van der Waals surface area contributed by atoms with Crippen LogP contribution in [0.4, 0.5) is 5.69 Å². The quantitative estimate of drug-likeness (QED) is 0.711. The summed E-state index contributed by atoms with van der Waals surface area (Å²) in [5.41, 5.74) is 1.31. The molecule has 0 aliphatic rings. The number of hydrogen-bond acceptors (Lipinski definition) is 3. The standard InChI is InChI=1S/C18H19BrN2O2S/c1-12(2)11-23-14-9-7-13(8-10-14)17(22)21-18(24)20-16-6-4-3-5-15(16)19/h3-10,12H,11H2,1-2H3,(H2,20,21,22,24). The number of amides is 1. The van der Waals surface area contributed by atoms with Crippen LogP contribution in [-0.2, 0) is 0 Å². The molecular formula is C18H19BrN2O2S. The van der Waals surface area contributed by atoms with Gasteiger partial charge < -0.3 is 10.1 Å². The molecule has 6 heteroatoms. The van der Waals surface area contributed by atoms with Crippen molar-refractivity contribution in [1.82, 2.24) is 5.32 Å². The maximum absolute atomic E-state index is 12.2. The highest BCUT2D eigenvalue weighted by atomic mass is 79.9. The van der Waals surface area contributed by atoms with Crippen LogP contribution >= 0.6 is 28.1 Å². The molecule has 2 aromatic carbocycles. The molecule has 126 valence electrons. The predicted octanol–water partition coefficient (Wildman–Crippen LogP) is 4.61. The van der Waals surface area contributed by atoms with Crippen molar-refractivity contribution in [1.29, 1.82) is 0 Å². The minimum Gasteiger partial charge on any atom is -0.493 e. The van der Waals surface area contributed by atoms with E-state index < -0.39 is 0 Å². The minimum atomic E-state index is -0.269. The average molecular weight is 407 g/mol. The molecule has 4 nitrogen and oxygen atoms in total. The van der Waals surface area contributed by atoms with Crippen LogP contribution in [0.15, 0.2) is 53.0 Å². The third kappa shape index (κ3) is 5.62. The van der Waals surface area contributed by atoms with Gasteiger partial charge in [-0.2, -0.15) is 0 Å². The first-order valence-corrected chi connectivity index (χ1v) is 8.75. The van der Waals surface area contributed by atoms with E-state index in [1.54, 1.807) is 24.3 Å². The Morgan fingerprint density at radius 3 is 2.46 bits per heavy atom. The number of hydrogen-bond donors (Lipinski definition) is 2. The molecular weight excluding hydrogens is 388 g/mol. The summed E-state index contributed by atoms with van der Waals surface area (Å²) in [4.78, 5) is 12.2. The summed E-state index contributed by atoms with van der Waals surface area (Å²) in [5.74, 6) is 0.929. The van der Waals surface area contributed by atoms with Crippen molar-refractivity contribution in [3.63, 3.8) is 0 Å². The molecule has 0 spiro atoms. The lowest BCUT2D eigenvalue weighted by atomic mass is 10.2. The van der Waals surface area contributed by atoms with E-state index in [2.05, 4.69) is 40.4 Å². The summed E-state index contributed by atoms with van der Waals surface area (Å²) in [5, 5.41) is 5.89. The number of rotatable bonds is 5. The molecule has 0 saturated carbocycles. The minimum absolute atomic E-state index is 0.243. The number of halogens is 1. The van der Waals surface area contributed by atoms with Gasteiger partial charge in [0, 0.05) is 10.0 Å². The third-order valence-corrected chi connectivity index (χ3v) is 3.94. The van der Waals surface area contributed by atoms with Crippen LogP contribution < -0.4 is 15.4 Å². The molecule has 0 fully saturated rings. The first kappa shape index (κ1) is 18.4. The molecule has 2 aromatic rings. The fourth-order valence-electron chi connectivity index (χ4n) is 1.86. The van der Waals surface area contributed by atoms with Crippen LogP contribution in [0.25, 0.3) is 0 Å². The van der Waals surface area contributed by atoms with Crippen LogP contribution in [0.3, 0.4) is 0 Å². The molecule has 0 radical (unpaired) electrons. The van der Waals surface area contributed by atoms with E-state index in [1.807, 2.05) is 24.3 Å². The number of benzene rings is 2. The van der Waals surface area contributed by atoms with E-state index in [-0.39, 0.29) is 11.0 Å². The Hall–Kier alpha value is -1.92. The van der Waals surface area contributed by atoms with Crippen molar-refractivity contribution in [2.75, 3.05) is 11.9 Å². The molecule has 0 atom stereocenters. The maximum atomic E-state index is 12.2. The van der Waals surface area contributed by atoms with Gasteiger partial charge in [-0.3, -0.25) is 10.1 Å². The SMILES string of the molecule is CC(C)COc1ccc(C(=O)NC(=S)Nc2ccccc2Br)cc1. The second-order valence-corrected chi connectivity index (χ2v) is 6.88. The Morgan fingerprint density at radius 2 is 1.83 bits per heavy atom. The molecule has 0 saturated heterocycles. The highest BCUT2D eigenvalue weighted by molar-refractivity contribution is 9.10. The fourth-order valence-corrected chi connectivity index (χ4v) is 2.44. The maximum Gasteiger partial charge on any atom is 0.257 e. The number of carbonyl (C=O) groups excluding carboxylic acids is 1. The summed E-state index contributed by atoms with van der Waals surface area (Å²) >= 11 is 8.60. The van der Waals surface area contributed by atoms with E-state index >= 15 is 0 Å². The molecule has 0 heterocycles. The summed E-state index contributed by atoms with van der Waals surface area (Å²) < 4.78 is 6.47. The van der Waals surface area contributed by atoms with Gasteiger partial charge in [0.05, 0.1) is 12.3 Å². The molecule has 0 aliphatic carbocycles. The zero-order valence-electron chi connectivity index (χ0n) is 13.5. The van der Waals surface area contributed by atoms with Crippen molar-refractivity contribution in [2.24, 2.45) is 5.92 Å². The Morgan fingerprint density at radius 1 is 1.17 bits per heavy atom. The first-order chi connectivity index (χ1) is 11.5. The monoisotopic (exact) mass is 406 g/mol. The molecule has 0 aliphatic heterocycles. The number of nitrogens with one attached hydrogen (secondary N) is 2. The molecule has 0 aromatic heterocycles. The molecule has 2 N–H and O–H groups in total. The zero-order valence-corrected chi connectivity index (χ0v) is 15.9. The van der Waals surface area contributed by atoms with E-state index in [0.717, 1.165) is 15.9 Å². The van der Waals surface area contributed by atoms with E-state index in [9.17, 15) is 4.79 Å². The zero-order chi connectivity index (χ0) is 17.5. The highest BCUT2D eigenvalue weighted by Crippen LogP contribution is 2.21. The van der Waals surface area contributed by atoms with Crippen LogP contribution in [0, 0.1) is 5.92 Å². The smallest absolute Gasteiger partial charge is 0.257 e. The Kier molecular flexibility index (Phi) is 6.75. The Bertz CT molecular complexity index is 717. The van der Waals surface area contributed by atoms with E-state index in [4.69, 9.17) is 17.0 Å². The molecule has 24 heavy (non-hydrogen) atoms. The van der Waals surface area contributed by atoms with Crippen LogP contribution in [-0.4, -0.2) is 17.6 Å². The normalized spacial score (nSPS) is 10.3. The second-order valence-electron chi connectivity index (χ2n) is 5.62. The molecule has 0 unspecified atom stereocenters. The first-order valence-electron chi connectivity index (χ1n) is 7.55. The van der Waals surface area contributed by atoms with Gasteiger partial charge >= 0.3 is 0 Å². The van der Waals surface area contributed by atoms with Gasteiger partial charge in [-0.15, -0.1) is 0 Å². The summed E-state index contributed by atoms with van der Waals surface area (Å²) in [6.07, 6.45) is 0. The topological polar surface area (TPSA) is 50.4 Å². The predicted molar refractivity (Wildman–Crippen MR) is 105 cm³/mol. The number of para-hydroxylation sites is 1. The number of carbonyl (C=O) groups is 1. The Labute approximate surface area is 155 Å². The summed E-state index contributed by atoms with van der Waals surface area (Å²) in [6.45, 7) is 4.81. The van der Waals surface area contributed by atoms with Crippen LogP contribution in [0.1, 0.15) is 24.2 Å². The van der Waals surface area contributed by atoms with Gasteiger partial charge in [0.1, 0.15) is 5.75 Å². The summed E-state index contributed by atoms with van der Waals surface area (Å²) in [7, 11) is 0. The van der Waals surface area contributed by atoms with Gasteiger partial charge in [0.15, 0.2) is 5.11 Å². The lowest BCUT2D eigenvalue weighted by Crippen LogP contribution is -2.34. The lowest BCUT2D eigenvalue weighted by molar-refractivity contribution is 0.0977. The molecule has 0 bridgehead atoms. The van der Waals surface area contributed by atoms with Gasteiger partial charge in [-0.25, -0.2) is 0 Å². The average Bonchev–Trinajstić information content (AvgIpc) is 2.55. The Balaban J connectivity index is 1.92. The third-order valence-electron chi connectivity index (χ3n) is 3.05. The van der Waals surface area contributed by atoms with E-state index in [0.29, 0.717) is 18.1 Å². The number of thiocarbonyl (C=S) groups is 1. The highest BCUT2D eigenvalue weighted by Gasteiger charge is 2.09. The lowest BCUT2D eigenvalue weighted by Gasteiger charge is -2.11. The van der Waals surface area contributed by atoms with Crippen molar-refractivity contribution in [2.45, 2.75) is 13.8 Å². The van der Waals surface area contributed by atoms with Gasteiger partial charge in [-0.1, -0.05) is 26.0 Å². The largest absolute Gasteiger partial charge is 0.493 e. The van der Waals surface area contributed by atoms with Crippen molar-refractivity contribution < 1.29 is 9.53 Å². The fraction of sp³-hybridized carbons (Fsp3) is 0.222. The van der Waals surface area contributed by atoms with Gasteiger partial charge in [-0.05, 0) is 70.5 Å². The van der Waals surface area contributed by atoms with E-state index in [1.165, 1.54) is 0 Å². The molecule has 1 amide bonds. The van der Waals surface area contributed by atoms with Crippen LogP contribution in [0.5, 0.6) is 5.75 Å². The molecule has 2 rings (SSSR count). The second kappa shape index (κ2) is 8.80. The van der Waals surface area contributed by atoms with Crippen LogP contribution in [0.2, 0.25) is 0 Å². The number of anilines is 1. The van der Waals surface area contributed by atoms with Crippen molar-refractivity contribution >= 4 is 44.9 Å². The number of ether oxygens (including phenoxy) is 1. The van der Waals surface area contributed by atoms with Crippen molar-refractivity contribution in [3.8, 4) is 5.75 Å². The van der Waals surface area contributed by atoms with Gasteiger partial charge in [0.25, 0.3) is 5.91 Å². The summed E-state index contributed by atoms with van der Waals surface area (Å²) in [6, 6.07) is 14.5. The van der Waals surface area contributed by atoms with Crippen molar-refractivity contribution in [3.05, 3.63) is 58.6 Å².